The lowest BCUT2D eigenvalue weighted by Crippen LogP contribution is -2.46. The predicted molar refractivity (Wildman–Crippen MR) is 136 cm³/mol. The van der Waals surface area contributed by atoms with Crippen LogP contribution in [0.4, 0.5) is 5.69 Å². The molecule has 0 radical (unpaired) electrons. The second-order valence-corrected chi connectivity index (χ2v) is 13.0. The molecule has 0 unspecified atom stereocenters. The standard InChI is InChI=1S/C24H32N4O6S2/c1-26-15-17-28(18-16-26)36(32,33)22-7-3-20(4-8-22)25-24(29)19-11-13-27(14-12-19)35(30,31)23-9-5-21(34-2)6-10-23/h3-10,19H,11-18H2,1-2H3,(H,25,29). The van der Waals surface area contributed by atoms with E-state index in [0.717, 1.165) is 0 Å². The number of amides is 1. The quantitative estimate of drug-likeness (QED) is 0.572. The number of likely N-dealkylation sites (N-methyl/N-ethyl adjacent to an activating group) is 1. The average molecular weight is 537 g/mol. The molecule has 0 saturated carbocycles. The number of hydrogen-bond donors (Lipinski definition) is 1. The molecule has 2 aliphatic rings. The number of nitrogens with zero attached hydrogens (tertiary/aromatic N) is 3. The van der Waals surface area contributed by atoms with Gasteiger partial charge in [-0.05, 0) is 68.4 Å². The Bertz CT molecular complexity index is 1260. The lowest BCUT2D eigenvalue weighted by molar-refractivity contribution is -0.120. The molecule has 0 aliphatic carbocycles. The first-order valence-electron chi connectivity index (χ1n) is 11.8. The van der Waals surface area contributed by atoms with Gasteiger partial charge >= 0.3 is 0 Å². The monoisotopic (exact) mass is 536 g/mol. The molecule has 0 atom stereocenters. The molecule has 0 bridgehead atoms. The molecule has 2 fully saturated rings. The molecule has 2 aliphatic heterocycles. The zero-order valence-electron chi connectivity index (χ0n) is 20.5. The van der Waals surface area contributed by atoms with E-state index in [2.05, 4.69) is 10.2 Å². The molecule has 1 amide bonds. The average Bonchev–Trinajstić information content (AvgIpc) is 2.89. The Balaban J connectivity index is 1.32. The fourth-order valence-electron chi connectivity index (χ4n) is 4.39. The number of carbonyl (C=O) groups excluding carboxylic acids is 1. The summed E-state index contributed by atoms with van der Waals surface area (Å²) < 4.78 is 59.6. The van der Waals surface area contributed by atoms with E-state index < -0.39 is 20.0 Å². The molecule has 10 nitrogen and oxygen atoms in total. The lowest BCUT2D eigenvalue weighted by atomic mass is 9.97. The number of hydrogen-bond acceptors (Lipinski definition) is 7. The Labute approximate surface area is 212 Å². The highest BCUT2D eigenvalue weighted by molar-refractivity contribution is 7.89. The molecule has 36 heavy (non-hydrogen) atoms. The third-order valence-corrected chi connectivity index (χ3v) is 10.6. The van der Waals surface area contributed by atoms with E-state index in [1.165, 1.54) is 40.0 Å². The van der Waals surface area contributed by atoms with E-state index in [4.69, 9.17) is 4.74 Å². The Morgan fingerprint density at radius 2 is 1.25 bits per heavy atom. The topological polar surface area (TPSA) is 116 Å². The number of nitrogens with one attached hydrogen (secondary N) is 1. The van der Waals surface area contributed by atoms with Crippen LogP contribution in [0.3, 0.4) is 0 Å². The van der Waals surface area contributed by atoms with Crippen molar-refractivity contribution in [1.29, 1.82) is 0 Å². The number of ether oxygens (including phenoxy) is 1. The van der Waals surface area contributed by atoms with Crippen LogP contribution in [-0.4, -0.2) is 89.7 Å². The summed E-state index contributed by atoms with van der Waals surface area (Å²) in [7, 11) is -3.74. The van der Waals surface area contributed by atoms with Crippen LogP contribution in [0.1, 0.15) is 12.8 Å². The number of anilines is 1. The van der Waals surface area contributed by atoms with Gasteiger partial charge in [-0.2, -0.15) is 8.61 Å². The molecule has 2 aromatic carbocycles. The fourth-order valence-corrected chi connectivity index (χ4v) is 7.28. The molecule has 12 heteroatoms. The SMILES string of the molecule is COc1ccc(S(=O)(=O)N2CCC(C(=O)Nc3ccc(S(=O)(=O)N4CCN(C)CC4)cc3)CC2)cc1. The number of benzene rings is 2. The first-order chi connectivity index (χ1) is 17.1. The zero-order valence-corrected chi connectivity index (χ0v) is 22.1. The molecule has 2 aromatic rings. The number of piperazine rings is 1. The van der Waals surface area contributed by atoms with Gasteiger partial charge in [0.25, 0.3) is 0 Å². The summed E-state index contributed by atoms with van der Waals surface area (Å²) in [4.78, 5) is 15.3. The lowest BCUT2D eigenvalue weighted by Gasteiger charge is -2.31. The van der Waals surface area contributed by atoms with Gasteiger partial charge in [0, 0.05) is 50.9 Å². The number of methoxy groups -OCH3 is 1. The number of piperidine rings is 1. The predicted octanol–water partition coefficient (Wildman–Crippen LogP) is 1.67. The molecular formula is C24H32N4O6S2. The highest BCUT2D eigenvalue weighted by Gasteiger charge is 2.32. The van der Waals surface area contributed by atoms with Crippen LogP contribution in [0.25, 0.3) is 0 Å². The molecule has 0 spiro atoms. The third kappa shape index (κ3) is 5.73. The first kappa shape index (κ1) is 26.6. The van der Waals surface area contributed by atoms with Gasteiger partial charge in [0.15, 0.2) is 0 Å². The van der Waals surface area contributed by atoms with Crippen LogP contribution in [0.2, 0.25) is 0 Å². The van der Waals surface area contributed by atoms with Crippen LogP contribution < -0.4 is 10.1 Å². The van der Waals surface area contributed by atoms with Crippen LogP contribution in [0, 0.1) is 5.92 Å². The van der Waals surface area contributed by atoms with Gasteiger partial charge in [-0.1, -0.05) is 0 Å². The highest BCUT2D eigenvalue weighted by atomic mass is 32.2. The number of rotatable bonds is 7. The maximum Gasteiger partial charge on any atom is 0.243 e. The Hall–Kier alpha value is -2.51. The summed E-state index contributed by atoms with van der Waals surface area (Å²) in [5.74, 6) is 0.0431. The van der Waals surface area contributed by atoms with E-state index in [9.17, 15) is 21.6 Å². The number of sulfonamides is 2. The van der Waals surface area contributed by atoms with Crippen molar-refractivity contribution in [3.05, 3.63) is 48.5 Å². The summed E-state index contributed by atoms with van der Waals surface area (Å²) in [6.45, 7) is 2.76. The van der Waals surface area contributed by atoms with Crippen molar-refractivity contribution < 1.29 is 26.4 Å². The van der Waals surface area contributed by atoms with E-state index in [1.807, 2.05) is 7.05 Å². The number of carbonyl (C=O) groups is 1. The molecule has 1 N–H and O–H groups in total. The van der Waals surface area contributed by atoms with Crippen molar-refractivity contribution in [2.45, 2.75) is 22.6 Å². The Morgan fingerprint density at radius 3 is 1.75 bits per heavy atom. The summed E-state index contributed by atoms with van der Waals surface area (Å²) in [5.41, 5.74) is 0.505. The largest absolute Gasteiger partial charge is 0.497 e. The molecule has 196 valence electrons. The van der Waals surface area contributed by atoms with Crippen molar-refractivity contribution in [2.24, 2.45) is 5.92 Å². The van der Waals surface area contributed by atoms with Crippen molar-refractivity contribution >= 4 is 31.6 Å². The van der Waals surface area contributed by atoms with Crippen LogP contribution in [0.5, 0.6) is 5.75 Å². The van der Waals surface area contributed by atoms with E-state index in [-0.39, 0.29) is 34.7 Å². The fraction of sp³-hybridized carbons (Fsp3) is 0.458. The second kappa shape index (κ2) is 10.9. The van der Waals surface area contributed by atoms with E-state index in [1.54, 1.807) is 24.3 Å². The summed E-state index contributed by atoms with van der Waals surface area (Å²) >= 11 is 0. The Morgan fingerprint density at radius 1 is 0.778 bits per heavy atom. The molecule has 2 heterocycles. The van der Waals surface area contributed by atoms with E-state index in [0.29, 0.717) is 50.5 Å². The van der Waals surface area contributed by atoms with Gasteiger partial charge in [0.05, 0.1) is 16.9 Å². The first-order valence-corrected chi connectivity index (χ1v) is 14.7. The minimum absolute atomic E-state index is 0.192. The minimum atomic E-state index is -3.64. The van der Waals surface area contributed by atoms with Crippen LogP contribution in [0.15, 0.2) is 58.3 Å². The van der Waals surface area contributed by atoms with Crippen molar-refractivity contribution in [3.8, 4) is 5.75 Å². The van der Waals surface area contributed by atoms with Crippen LogP contribution >= 0.6 is 0 Å². The maximum atomic E-state index is 12.9. The molecule has 4 rings (SSSR count). The van der Waals surface area contributed by atoms with Gasteiger partial charge in [-0.25, -0.2) is 16.8 Å². The van der Waals surface area contributed by atoms with Gasteiger partial charge < -0.3 is 15.0 Å². The minimum Gasteiger partial charge on any atom is -0.497 e. The normalized spacial score (nSPS) is 19.2. The van der Waals surface area contributed by atoms with Crippen molar-refractivity contribution in [3.63, 3.8) is 0 Å². The van der Waals surface area contributed by atoms with E-state index >= 15 is 0 Å². The summed E-state index contributed by atoms with van der Waals surface area (Å²) in [5, 5.41) is 2.84. The smallest absolute Gasteiger partial charge is 0.243 e. The van der Waals surface area contributed by atoms with Gasteiger partial charge in [0.1, 0.15) is 5.75 Å². The third-order valence-electron chi connectivity index (χ3n) is 6.74. The van der Waals surface area contributed by atoms with Gasteiger partial charge in [0.2, 0.25) is 26.0 Å². The van der Waals surface area contributed by atoms with Crippen molar-refractivity contribution in [1.82, 2.24) is 13.5 Å². The van der Waals surface area contributed by atoms with Gasteiger partial charge in [-0.15, -0.1) is 0 Å². The van der Waals surface area contributed by atoms with Gasteiger partial charge in [-0.3, -0.25) is 4.79 Å². The Kier molecular flexibility index (Phi) is 8.00. The summed E-state index contributed by atoms with van der Waals surface area (Å²) in [6, 6.07) is 12.4. The summed E-state index contributed by atoms with van der Waals surface area (Å²) in [6.07, 6.45) is 0.800. The molecule has 0 aromatic heterocycles. The van der Waals surface area contributed by atoms with Crippen LogP contribution in [-0.2, 0) is 24.8 Å². The second-order valence-electron chi connectivity index (χ2n) is 9.07. The molecular weight excluding hydrogens is 504 g/mol. The zero-order chi connectivity index (χ0) is 25.9. The maximum absolute atomic E-state index is 12.9. The molecule has 2 saturated heterocycles. The van der Waals surface area contributed by atoms with Crippen molar-refractivity contribution in [2.75, 3.05) is 58.7 Å². The highest BCUT2D eigenvalue weighted by Crippen LogP contribution is 2.26.